The molecule has 8 heteroatoms. The van der Waals surface area contributed by atoms with E-state index in [1.165, 1.54) is 17.3 Å². The molecular formula is C22H26ClN5OS. The summed E-state index contributed by atoms with van der Waals surface area (Å²) in [6.45, 7) is 2.80. The molecule has 0 fully saturated rings. The minimum absolute atomic E-state index is 0.0993. The van der Waals surface area contributed by atoms with Crippen LogP contribution in [0, 0.1) is 0 Å². The summed E-state index contributed by atoms with van der Waals surface area (Å²) in [5.74, 6) is 1.05. The average Bonchev–Trinajstić information content (AvgIpc) is 3.11. The van der Waals surface area contributed by atoms with E-state index in [-0.39, 0.29) is 17.7 Å². The molecule has 1 N–H and O–H groups in total. The summed E-state index contributed by atoms with van der Waals surface area (Å²) in [4.78, 5) is 14.6. The smallest absolute Gasteiger partial charge is 0.234 e. The maximum absolute atomic E-state index is 12.4. The molecule has 1 atom stereocenters. The number of nitrogens with zero attached hydrogens (tertiary/aromatic N) is 4. The van der Waals surface area contributed by atoms with Crippen LogP contribution in [0.2, 0.25) is 5.02 Å². The fourth-order valence-corrected chi connectivity index (χ4v) is 4.08. The van der Waals surface area contributed by atoms with E-state index in [1.807, 2.05) is 32.3 Å². The van der Waals surface area contributed by atoms with Crippen molar-refractivity contribution in [1.82, 2.24) is 19.7 Å². The van der Waals surface area contributed by atoms with Gasteiger partial charge < -0.3 is 9.88 Å². The molecule has 1 amide bonds. The lowest BCUT2D eigenvalue weighted by Crippen LogP contribution is -2.23. The lowest BCUT2D eigenvalue weighted by atomic mass is 10.2. The molecule has 3 aromatic rings. The number of halogens is 1. The topological polar surface area (TPSA) is 63.1 Å². The first-order chi connectivity index (χ1) is 14.5. The predicted molar refractivity (Wildman–Crippen MR) is 123 cm³/mol. The van der Waals surface area contributed by atoms with Crippen LogP contribution < -0.4 is 5.32 Å². The highest BCUT2D eigenvalue weighted by Crippen LogP contribution is 2.26. The van der Waals surface area contributed by atoms with E-state index < -0.39 is 0 Å². The Balaban J connectivity index is 1.76. The van der Waals surface area contributed by atoms with Crippen LogP contribution in [0.5, 0.6) is 0 Å². The Morgan fingerprint density at radius 2 is 1.83 bits per heavy atom. The van der Waals surface area contributed by atoms with Gasteiger partial charge in [-0.2, -0.15) is 0 Å². The van der Waals surface area contributed by atoms with Crippen molar-refractivity contribution < 1.29 is 4.79 Å². The van der Waals surface area contributed by atoms with E-state index in [4.69, 9.17) is 11.6 Å². The maximum atomic E-state index is 12.4. The molecule has 1 aromatic heterocycles. The molecule has 0 radical (unpaired) electrons. The van der Waals surface area contributed by atoms with Crippen molar-refractivity contribution >= 4 is 35.0 Å². The van der Waals surface area contributed by atoms with Crippen molar-refractivity contribution in [2.75, 3.05) is 25.2 Å². The Bertz CT molecular complexity index is 959. The molecule has 0 bridgehead atoms. The van der Waals surface area contributed by atoms with Gasteiger partial charge in [-0.15, -0.1) is 10.2 Å². The number of anilines is 1. The first kappa shape index (κ1) is 22.3. The van der Waals surface area contributed by atoms with Gasteiger partial charge in [0.2, 0.25) is 5.91 Å². The fourth-order valence-electron chi connectivity index (χ4n) is 3.21. The number of benzene rings is 2. The largest absolute Gasteiger partial charge is 0.325 e. The van der Waals surface area contributed by atoms with Gasteiger partial charge in [-0.3, -0.25) is 9.69 Å². The second-order valence-corrected chi connectivity index (χ2v) is 8.52. The predicted octanol–water partition coefficient (Wildman–Crippen LogP) is 4.72. The molecule has 0 saturated heterocycles. The van der Waals surface area contributed by atoms with Gasteiger partial charge in [0, 0.05) is 10.7 Å². The molecule has 1 unspecified atom stereocenters. The van der Waals surface area contributed by atoms with Crippen molar-refractivity contribution in [3.63, 3.8) is 0 Å². The van der Waals surface area contributed by atoms with Gasteiger partial charge in [-0.1, -0.05) is 60.6 Å². The molecule has 2 aromatic carbocycles. The first-order valence-corrected chi connectivity index (χ1v) is 11.2. The van der Waals surface area contributed by atoms with Crippen LogP contribution in [0.15, 0.2) is 59.8 Å². The van der Waals surface area contributed by atoms with Crippen molar-refractivity contribution in [3.05, 3.63) is 71.0 Å². The maximum Gasteiger partial charge on any atom is 0.234 e. The monoisotopic (exact) mass is 443 g/mol. The summed E-state index contributed by atoms with van der Waals surface area (Å²) in [5, 5.41) is 13.1. The van der Waals surface area contributed by atoms with Crippen LogP contribution in [0.1, 0.15) is 30.8 Å². The van der Waals surface area contributed by atoms with Crippen LogP contribution in [0.25, 0.3) is 0 Å². The van der Waals surface area contributed by atoms with Crippen molar-refractivity contribution in [1.29, 1.82) is 0 Å². The fraction of sp³-hybridized carbons (Fsp3) is 0.318. The van der Waals surface area contributed by atoms with E-state index in [1.54, 1.807) is 24.3 Å². The highest BCUT2D eigenvalue weighted by Gasteiger charge is 2.22. The second-order valence-electron chi connectivity index (χ2n) is 7.14. The number of aromatic nitrogens is 3. The molecule has 0 spiro atoms. The van der Waals surface area contributed by atoms with Crippen LogP contribution in [-0.2, 0) is 11.3 Å². The highest BCUT2D eigenvalue weighted by molar-refractivity contribution is 7.99. The van der Waals surface area contributed by atoms with E-state index in [0.717, 1.165) is 23.1 Å². The second kappa shape index (κ2) is 10.6. The van der Waals surface area contributed by atoms with E-state index in [2.05, 4.69) is 44.0 Å². The molecule has 3 rings (SSSR count). The quantitative estimate of drug-likeness (QED) is 0.484. The minimum Gasteiger partial charge on any atom is -0.325 e. The number of hydrogen-bond acceptors (Lipinski definition) is 5. The Morgan fingerprint density at radius 3 is 2.47 bits per heavy atom. The summed E-state index contributed by atoms with van der Waals surface area (Å²) in [6.07, 6.45) is 0.918. The molecule has 0 aliphatic heterocycles. The van der Waals surface area contributed by atoms with E-state index in [9.17, 15) is 4.79 Å². The van der Waals surface area contributed by atoms with Gasteiger partial charge in [0.25, 0.3) is 0 Å². The number of nitrogens with one attached hydrogen (secondary N) is 1. The zero-order valence-electron chi connectivity index (χ0n) is 17.4. The van der Waals surface area contributed by atoms with E-state index in [0.29, 0.717) is 11.6 Å². The van der Waals surface area contributed by atoms with Crippen molar-refractivity contribution in [2.24, 2.45) is 0 Å². The number of rotatable bonds is 9. The molecular weight excluding hydrogens is 418 g/mol. The van der Waals surface area contributed by atoms with Crippen molar-refractivity contribution in [2.45, 2.75) is 31.1 Å². The minimum atomic E-state index is -0.0993. The summed E-state index contributed by atoms with van der Waals surface area (Å²) >= 11 is 7.29. The lowest BCUT2D eigenvalue weighted by molar-refractivity contribution is -0.113. The molecule has 6 nitrogen and oxygen atoms in total. The third-order valence-corrected chi connectivity index (χ3v) is 5.92. The summed E-state index contributed by atoms with van der Waals surface area (Å²) < 4.78 is 2.11. The molecule has 0 saturated carbocycles. The number of carbonyl (C=O) groups is 1. The summed E-state index contributed by atoms with van der Waals surface area (Å²) in [5.41, 5.74) is 1.88. The third kappa shape index (κ3) is 5.84. The lowest BCUT2D eigenvalue weighted by Gasteiger charge is -2.23. The molecule has 158 valence electrons. The summed E-state index contributed by atoms with van der Waals surface area (Å²) in [7, 11) is 4.09. The number of thioether (sulfide) groups is 1. The molecule has 0 aliphatic carbocycles. The zero-order valence-corrected chi connectivity index (χ0v) is 19.0. The number of carbonyl (C=O) groups excluding carboxylic acids is 1. The Kier molecular flexibility index (Phi) is 7.90. The highest BCUT2D eigenvalue weighted by atomic mass is 35.5. The van der Waals surface area contributed by atoms with Crippen LogP contribution >= 0.6 is 23.4 Å². The van der Waals surface area contributed by atoms with Crippen molar-refractivity contribution in [3.8, 4) is 0 Å². The Morgan fingerprint density at radius 1 is 1.13 bits per heavy atom. The standard InChI is InChI=1S/C22H26ClN5OS/c1-4-19(27(2)3)21-25-26-22(28(21)14-16-8-6-5-7-9-16)30-15-20(29)24-18-12-10-17(23)11-13-18/h5-13,19H,4,14-15H2,1-3H3,(H,24,29). The summed E-state index contributed by atoms with van der Waals surface area (Å²) in [6, 6.07) is 17.4. The van der Waals surface area contributed by atoms with Gasteiger partial charge in [-0.05, 0) is 50.3 Å². The third-order valence-electron chi connectivity index (χ3n) is 4.70. The van der Waals surface area contributed by atoms with Crippen LogP contribution in [-0.4, -0.2) is 45.4 Å². The first-order valence-electron chi connectivity index (χ1n) is 9.79. The van der Waals surface area contributed by atoms with Gasteiger partial charge >= 0.3 is 0 Å². The Labute approximate surface area is 186 Å². The van der Waals surface area contributed by atoms with Crippen LogP contribution in [0.4, 0.5) is 5.69 Å². The van der Waals surface area contributed by atoms with Gasteiger partial charge in [0.1, 0.15) is 0 Å². The SMILES string of the molecule is CCC(c1nnc(SCC(=O)Nc2ccc(Cl)cc2)n1Cc1ccccc1)N(C)C. The van der Waals surface area contributed by atoms with Gasteiger partial charge in [0.05, 0.1) is 18.3 Å². The molecule has 30 heavy (non-hydrogen) atoms. The van der Waals surface area contributed by atoms with Crippen LogP contribution in [0.3, 0.4) is 0 Å². The number of amides is 1. The normalized spacial score (nSPS) is 12.2. The van der Waals surface area contributed by atoms with Gasteiger partial charge in [-0.25, -0.2) is 0 Å². The number of hydrogen-bond donors (Lipinski definition) is 1. The Hall–Kier alpha value is -2.35. The zero-order chi connectivity index (χ0) is 21.5. The average molecular weight is 444 g/mol. The van der Waals surface area contributed by atoms with E-state index >= 15 is 0 Å². The van der Waals surface area contributed by atoms with Gasteiger partial charge in [0.15, 0.2) is 11.0 Å². The molecule has 1 heterocycles. The molecule has 0 aliphatic rings.